The Morgan fingerprint density at radius 1 is 1.26 bits per heavy atom. The van der Waals surface area contributed by atoms with Crippen molar-refractivity contribution in [1.29, 1.82) is 0 Å². The summed E-state index contributed by atoms with van der Waals surface area (Å²) in [6.07, 6.45) is -3.42. The van der Waals surface area contributed by atoms with Crippen molar-refractivity contribution in [2.75, 3.05) is 0 Å². The standard InChI is InChI=1S/C15H13F3N2O3/c1-9(21)11-6-12(19-8-11)14(22)20-7-10-4-2-3-5-13(10)23-15(16,17)18/h2-6,8,19H,7H2,1H3,(H,20,22). The lowest BCUT2D eigenvalue weighted by Crippen LogP contribution is -2.24. The van der Waals surface area contributed by atoms with Crippen molar-refractivity contribution < 1.29 is 27.5 Å². The number of aromatic nitrogens is 1. The molecule has 1 heterocycles. The minimum absolute atomic E-state index is 0.143. The molecule has 1 aromatic carbocycles. The fourth-order valence-electron chi connectivity index (χ4n) is 1.87. The van der Waals surface area contributed by atoms with Crippen LogP contribution in [0.4, 0.5) is 13.2 Å². The van der Waals surface area contributed by atoms with Gasteiger partial charge in [0.25, 0.3) is 5.91 Å². The first-order valence-electron chi connectivity index (χ1n) is 6.57. The quantitative estimate of drug-likeness (QED) is 0.830. The topological polar surface area (TPSA) is 71.2 Å². The Hall–Kier alpha value is -2.77. The second-order valence-electron chi connectivity index (χ2n) is 4.70. The molecule has 0 saturated carbocycles. The van der Waals surface area contributed by atoms with Gasteiger partial charge in [0.1, 0.15) is 11.4 Å². The van der Waals surface area contributed by atoms with Gasteiger partial charge in [0, 0.05) is 23.9 Å². The van der Waals surface area contributed by atoms with E-state index < -0.39 is 12.3 Å². The number of hydrogen-bond acceptors (Lipinski definition) is 3. The fourth-order valence-corrected chi connectivity index (χ4v) is 1.87. The third-order valence-electron chi connectivity index (χ3n) is 2.97. The number of nitrogens with one attached hydrogen (secondary N) is 2. The molecule has 0 radical (unpaired) electrons. The highest BCUT2D eigenvalue weighted by atomic mass is 19.4. The van der Waals surface area contributed by atoms with Crippen LogP contribution in [-0.4, -0.2) is 23.0 Å². The Balaban J connectivity index is 2.05. The van der Waals surface area contributed by atoms with Crippen LogP contribution in [0, 0.1) is 0 Å². The average Bonchev–Trinajstić information content (AvgIpc) is 2.94. The summed E-state index contributed by atoms with van der Waals surface area (Å²) in [5.74, 6) is -1.13. The van der Waals surface area contributed by atoms with E-state index in [0.717, 1.165) is 6.07 Å². The molecular formula is C15H13F3N2O3. The molecule has 2 aromatic rings. The number of para-hydroxylation sites is 1. The normalized spacial score (nSPS) is 11.1. The van der Waals surface area contributed by atoms with E-state index in [4.69, 9.17) is 0 Å². The van der Waals surface area contributed by atoms with Gasteiger partial charge in [-0.2, -0.15) is 0 Å². The van der Waals surface area contributed by atoms with E-state index in [0.29, 0.717) is 5.56 Å². The van der Waals surface area contributed by atoms with Crippen molar-refractivity contribution in [3.8, 4) is 5.75 Å². The highest BCUT2D eigenvalue weighted by molar-refractivity contribution is 5.99. The minimum atomic E-state index is -4.81. The molecule has 0 fully saturated rings. The summed E-state index contributed by atoms with van der Waals surface area (Å²) >= 11 is 0. The van der Waals surface area contributed by atoms with E-state index in [1.165, 1.54) is 37.4 Å². The lowest BCUT2D eigenvalue weighted by Gasteiger charge is -2.13. The summed E-state index contributed by atoms with van der Waals surface area (Å²) in [7, 11) is 0. The number of aromatic amines is 1. The Labute approximate surface area is 129 Å². The van der Waals surface area contributed by atoms with Gasteiger partial charge in [-0.05, 0) is 19.1 Å². The van der Waals surface area contributed by atoms with Gasteiger partial charge in [0.15, 0.2) is 5.78 Å². The molecule has 1 amide bonds. The summed E-state index contributed by atoms with van der Waals surface area (Å²) in [6.45, 7) is 1.20. The third-order valence-corrected chi connectivity index (χ3v) is 2.97. The van der Waals surface area contributed by atoms with Gasteiger partial charge in [-0.3, -0.25) is 9.59 Å². The lowest BCUT2D eigenvalue weighted by atomic mass is 10.2. The summed E-state index contributed by atoms with van der Waals surface area (Å²) in [6, 6.07) is 6.88. The molecule has 0 unspecified atom stereocenters. The average molecular weight is 326 g/mol. The van der Waals surface area contributed by atoms with E-state index in [2.05, 4.69) is 15.0 Å². The Kier molecular flexibility index (Phi) is 4.73. The molecular weight excluding hydrogens is 313 g/mol. The maximum absolute atomic E-state index is 12.3. The van der Waals surface area contributed by atoms with Gasteiger partial charge >= 0.3 is 6.36 Å². The fraction of sp³-hybridized carbons (Fsp3) is 0.200. The van der Waals surface area contributed by atoms with Crippen molar-refractivity contribution >= 4 is 11.7 Å². The van der Waals surface area contributed by atoms with E-state index >= 15 is 0 Å². The van der Waals surface area contributed by atoms with Crippen LogP contribution in [0.1, 0.15) is 33.3 Å². The summed E-state index contributed by atoms with van der Waals surface area (Å²) in [5.41, 5.74) is 0.664. The molecule has 23 heavy (non-hydrogen) atoms. The number of amides is 1. The predicted molar refractivity (Wildman–Crippen MR) is 75.1 cm³/mol. The second-order valence-corrected chi connectivity index (χ2v) is 4.70. The molecule has 2 rings (SSSR count). The molecule has 0 atom stereocenters. The van der Waals surface area contributed by atoms with Crippen molar-refractivity contribution in [3.05, 3.63) is 53.3 Å². The predicted octanol–water partition coefficient (Wildman–Crippen LogP) is 3.05. The van der Waals surface area contributed by atoms with Crippen LogP contribution < -0.4 is 10.1 Å². The van der Waals surface area contributed by atoms with Crippen LogP contribution in [0.5, 0.6) is 5.75 Å². The molecule has 5 nitrogen and oxygen atoms in total. The first-order chi connectivity index (χ1) is 10.8. The van der Waals surface area contributed by atoms with Gasteiger partial charge in [0.05, 0.1) is 0 Å². The van der Waals surface area contributed by atoms with Crippen LogP contribution in [0.2, 0.25) is 0 Å². The maximum Gasteiger partial charge on any atom is 0.573 e. The molecule has 0 spiro atoms. The van der Waals surface area contributed by atoms with E-state index in [9.17, 15) is 22.8 Å². The Bertz CT molecular complexity index is 723. The molecule has 0 saturated heterocycles. The number of hydrogen-bond donors (Lipinski definition) is 2. The van der Waals surface area contributed by atoms with Gasteiger partial charge in [-0.15, -0.1) is 13.2 Å². The number of carbonyl (C=O) groups excluding carboxylic acids is 2. The smallest absolute Gasteiger partial charge is 0.405 e. The minimum Gasteiger partial charge on any atom is -0.405 e. The Morgan fingerprint density at radius 3 is 2.57 bits per heavy atom. The number of ether oxygens (including phenoxy) is 1. The molecule has 0 aliphatic rings. The van der Waals surface area contributed by atoms with E-state index in [-0.39, 0.29) is 29.3 Å². The Morgan fingerprint density at radius 2 is 1.96 bits per heavy atom. The highest BCUT2D eigenvalue weighted by Crippen LogP contribution is 2.26. The number of halogens is 3. The molecule has 0 aliphatic heterocycles. The number of rotatable bonds is 5. The molecule has 1 aromatic heterocycles. The molecule has 2 N–H and O–H groups in total. The van der Waals surface area contributed by atoms with Gasteiger partial charge < -0.3 is 15.0 Å². The monoisotopic (exact) mass is 326 g/mol. The zero-order valence-corrected chi connectivity index (χ0v) is 12.0. The van der Waals surface area contributed by atoms with Crippen molar-refractivity contribution in [3.63, 3.8) is 0 Å². The van der Waals surface area contributed by atoms with E-state index in [1.807, 2.05) is 0 Å². The molecule has 122 valence electrons. The van der Waals surface area contributed by atoms with Crippen LogP contribution >= 0.6 is 0 Å². The number of alkyl halides is 3. The van der Waals surface area contributed by atoms with Crippen molar-refractivity contribution in [1.82, 2.24) is 10.3 Å². The number of ketones is 1. The molecule has 0 aliphatic carbocycles. The van der Waals surface area contributed by atoms with Gasteiger partial charge in [0.2, 0.25) is 0 Å². The first kappa shape index (κ1) is 16.6. The zero-order chi connectivity index (χ0) is 17.0. The zero-order valence-electron chi connectivity index (χ0n) is 12.0. The SMILES string of the molecule is CC(=O)c1c[nH]c(C(=O)NCc2ccccc2OC(F)(F)F)c1. The summed E-state index contributed by atoms with van der Waals surface area (Å²) in [4.78, 5) is 25.7. The van der Waals surface area contributed by atoms with Gasteiger partial charge in [-0.1, -0.05) is 18.2 Å². The molecule has 8 heteroatoms. The van der Waals surface area contributed by atoms with Crippen LogP contribution in [0.25, 0.3) is 0 Å². The highest BCUT2D eigenvalue weighted by Gasteiger charge is 2.32. The third kappa shape index (κ3) is 4.60. The number of H-pyrrole nitrogens is 1. The number of carbonyl (C=O) groups is 2. The largest absolute Gasteiger partial charge is 0.573 e. The van der Waals surface area contributed by atoms with Crippen LogP contribution in [0.3, 0.4) is 0 Å². The van der Waals surface area contributed by atoms with E-state index in [1.54, 1.807) is 0 Å². The molecule has 0 bridgehead atoms. The number of benzene rings is 1. The maximum atomic E-state index is 12.3. The first-order valence-corrected chi connectivity index (χ1v) is 6.57. The van der Waals surface area contributed by atoms with Crippen LogP contribution in [-0.2, 0) is 6.54 Å². The van der Waals surface area contributed by atoms with Crippen LogP contribution in [0.15, 0.2) is 36.5 Å². The lowest BCUT2D eigenvalue weighted by molar-refractivity contribution is -0.274. The summed E-state index contributed by atoms with van der Waals surface area (Å²) in [5, 5.41) is 2.46. The van der Waals surface area contributed by atoms with Crippen molar-refractivity contribution in [2.24, 2.45) is 0 Å². The second kappa shape index (κ2) is 6.55. The number of Topliss-reactive ketones (excluding diaryl/α,β-unsaturated/α-hetero) is 1. The van der Waals surface area contributed by atoms with Crippen molar-refractivity contribution in [2.45, 2.75) is 19.8 Å². The van der Waals surface area contributed by atoms with Gasteiger partial charge in [-0.25, -0.2) is 0 Å². The summed E-state index contributed by atoms with van der Waals surface area (Å²) < 4.78 is 40.9.